The Morgan fingerprint density at radius 1 is 0.971 bits per heavy atom. The van der Waals surface area contributed by atoms with Crippen LogP contribution < -0.4 is 15.6 Å². The van der Waals surface area contributed by atoms with Crippen molar-refractivity contribution >= 4 is 29.1 Å². The molecule has 0 amide bonds. The van der Waals surface area contributed by atoms with Crippen LogP contribution in [0.1, 0.15) is 48.4 Å². The Morgan fingerprint density at radius 2 is 1.76 bits per heavy atom. The molecule has 4 heterocycles. The van der Waals surface area contributed by atoms with Gasteiger partial charge in [0.2, 0.25) is 0 Å². The molecule has 2 aromatic heterocycles. The fourth-order valence-corrected chi connectivity index (χ4v) is 5.83. The first kappa shape index (κ1) is 21.4. The monoisotopic (exact) mass is 469 g/mol. The first-order valence-corrected chi connectivity index (χ1v) is 12.5. The molecule has 2 aliphatic heterocycles. The number of halogens is 1. The molecule has 3 aromatic rings. The number of H-pyrrole nitrogens is 1. The molecular weight excluding hydrogens is 442 g/mol. The predicted octanol–water partition coefficient (Wildman–Crippen LogP) is 5.38. The lowest BCUT2D eigenvalue weighted by Gasteiger charge is -2.29. The van der Waals surface area contributed by atoms with Gasteiger partial charge in [0.1, 0.15) is 0 Å². The smallest absolute Gasteiger partial charge is 0.0895 e. The molecule has 6 heteroatoms. The summed E-state index contributed by atoms with van der Waals surface area (Å²) in [6.07, 6.45) is 10.6. The van der Waals surface area contributed by atoms with Crippen molar-refractivity contribution in [1.29, 1.82) is 0 Å². The highest BCUT2D eigenvalue weighted by atomic mass is 35.5. The van der Waals surface area contributed by atoms with E-state index in [-0.39, 0.29) is 0 Å². The highest BCUT2D eigenvalue weighted by Crippen LogP contribution is 2.40. The van der Waals surface area contributed by atoms with Gasteiger partial charge in [-0.3, -0.25) is 4.98 Å². The standard InChI is InChI=1S/C28H28ClN5/c29-22-13-15-34(18-23-8-4-5-14-30-23)28-24-17-31-33-26(27(24)32-25(28)16-22)21-11-9-20(10-12-21)19-6-2-1-3-7-19/h1-8,13-14,16,20-21,32H,9-12,15,17-18H2. The third-order valence-electron chi connectivity index (χ3n) is 7.33. The van der Waals surface area contributed by atoms with Gasteiger partial charge in [-0.05, 0) is 61.4 Å². The van der Waals surface area contributed by atoms with Crippen molar-refractivity contribution in [3.05, 3.63) is 93.4 Å². The van der Waals surface area contributed by atoms with Crippen LogP contribution in [0, 0.1) is 5.92 Å². The number of allylic oxidation sites excluding steroid dienone is 1. The third kappa shape index (κ3) is 4.09. The first-order chi connectivity index (χ1) is 16.8. The van der Waals surface area contributed by atoms with Gasteiger partial charge in [-0.15, -0.1) is 0 Å². The van der Waals surface area contributed by atoms with Crippen molar-refractivity contribution in [2.45, 2.75) is 44.7 Å². The van der Waals surface area contributed by atoms with E-state index in [1.807, 2.05) is 24.4 Å². The number of aromatic amines is 1. The Hall–Kier alpha value is -3.18. The molecular formula is C28H28ClN5. The van der Waals surface area contributed by atoms with E-state index in [0.717, 1.165) is 53.1 Å². The lowest BCUT2D eigenvalue weighted by molar-refractivity contribution is 0.378. The van der Waals surface area contributed by atoms with Gasteiger partial charge < -0.3 is 9.88 Å². The Balaban J connectivity index is 1.35. The molecule has 3 aliphatic rings. The van der Waals surface area contributed by atoms with Crippen molar-refractivity contribution in [2.75, 3.05) is 11.4 Å². The molecule has 1 N–H and O–H groups in total. The van der Waals surface area contributed by atoms with Crippen molar-refractivity contribution in [2.24, 2.45) is 16.1 Å². The summed E-state index contributed by atoms with van der Waals surface area (Å²) in [5.74, 6) is 1.07. The quantitative estimate of drug-likeness (QED) is 0.557. The van der Waals surface area contributed by atoms with E-state index >= 15 is 0 Å². The van der Waals surface area contributed by atoms with E-state index in [0.29, 0.717) is 18.4 Å². The average molecular weight is 470 g/mol. The van der Waals surface area contributed by atoms with Crippen molar-refractivity contribution < 1.29 is 0 Å². The minimum atomic E-state index is 0.431. The molecule has 172 valence electrons. The molecule has 1 aliphatic carbocycles. The van der Waals surface area contributed by atoms with Crippen LogP contribution in [0.5, 0.6) is 0 Å². The minimum absolute atomic E-state index is 0.431. The Kier molecular flexibility index (Phi) is 5.79. The van der Waals surface area contributed by atoms with E-state index in [2.05, 4.69) is 62.5 Å². The molecule has 0 unspecified atom stereocenters. The summed E-state index contributed by atoms with van der Waals surface area (Å²) in [5, 5.41) is 12.2. The van der Waals surface area contributed by atoms with Gasteiger partial charge in [0, 0.05) is 29.3 Å². The number of pyridine rings is 1. The molecule has 6 rings (SSSR count). The van der Waals surface area contributed by atoms with Gasteiger partial charge in [0.15, 0.2) is 0 Å². The minimum Gasteiger partial charge on any atom is -0.360 e. The number of fused-ring (bicyclic) bond motifs is 3. The highest BCUT2D eigenvalue weighted by Gasteiger charge is 2.29. The van der Waals surface area contributed by atoms with Gasteiger partial charge in [-0.25, -0.2) is 0 Å². The first-order valence-electron chi connectivity index (χ1n) is 12.2. The maximum Gasteiger partial charge on any atom is 0.0895 e. The molecule has 0 spiro atoms. The van der Waals surface area contributed by atoms with E-state index in [1.165, 1.54) is 29.7 Å². The number of nitrogens with one attached hydrogen (secondary N) is 1. The van der Waals surface area contributed by atoms with Crippen molar-refractivity contribution in [3.63, 3.8) is 0 Å². The molecule has 1 aromatic carbocycles. The molecule has 5 nitrogen and oxygen atoms in total. The van der Waals surface area contributed by atoms with Crippen molar-refractivity contribution in [3.8, 4) is 0 Å². The maximum atomic E-state index is 6.53. The number of hydrogen-bond acceptors (Lipinski definition) is 4. The van der Waals surface area contributed by atoms with Crippen LogP contribution in [0.25, 0.3) is 11.8 Å². The summed E-state index contributed by atoms with van der Waals surface area (Å²) in [5.41, 5.74) is 6.03. The van der Waals surface area contributed by atoms with Gasteiger partial charge >= 0.3 is 0 Å². The number of benzene rings is 1. The maximum absolute atomic E-state index is 6.53. The van der Waals surface area contributed by atoms with Gasteiger partial charge in [-0.2, -0.15) is 10.2 Å². The third-order valence-corrected chi connectivity index (χ3v) is 7.60. The summed E-state index contributed by atoms with van der Waals surface area (Å²) in [6, 6.07) is 17.0. The molecule has 0 bridgehead atoms. The molecule has 0 atom stereocenters. The summed E-state index contributed by atoms with van der Waals surface area (Å²) < 4.78 is 0. The molecule has 1 fully saturated rings. The number of azo groups is 1. The summed E-state index contributed by atoms with van der Waals surface area (Å²) >= 11 is 6.53. The van der Waals surface area contributed by atoms with Gasteiger partial charge in [-0.1, -0.05) is 48.0 Å². The average Bonchev–Trinajstić information content (AvgIpc) is 3.18. The van der Waals surface area contributed by atoms with Crippen LogP contribution >= 0.6 is 11.6 Å². The number of anilines is 1. The Morgan fingerprint density at radius 3 is 2.56 bits per heavy atom. The fraction of sp³-hybridized carbons (Fsp3) is 0.321. The van der Waals surface area contributed by atoms with Crippen LogP contribution in [0.15, 0.2) is 76.1 Å². The predicted molar refractivity (Wildman–Crippen MR) is 137 cm³/mol. The zero-order valence-electron chi connectivity index (χ0n) is 19.1. The number of aromatic nitrogens is 2. The largest absolute Gasteiger partial charge is 0.360 e. The molecule has 0 radical (unpaired) electrons. The number of nitrogens with zero attached hydrogens (tertiary/aromatic N) is 4. The Labute approximate surface area is 204 Å². The molecule has 0 saturated heterocycles. The second kappa shape index (κ2) is 9.22. The number of rotatable bonds is 4. The summed E-state index contributed by atoms with van der Waals surface area (Å²) in [6.45, 7) is 2.05. The van der Waals surface area contributed by atoms with E-state index in [1.54, 1.807) is 0 Å². The topological polar surface area (TPSA) is 56.6 Å². The van der Waals surface area contributed by atoms with E-state index < -0.39 is 0 Å². The van der Waals surface area contributed by atoms with Gasteiger partial charge in [0.25, 0.3) is 0 Å². The lowest BCUT2D eigenvalue weighted by Crippen LogP contribution is -2.28. The van der Waals surface area contributed by atoms with Crippen LogP contribution in [-0.4, -0.2) is 16.5 Å². The fourth-order valence-electron chi connectivity index (χ4n) is 5.65. The summed E-state index contributed by atoms with van der Waals surface area (Å²) in [4.78, 5) is 10.6. The van der Waals surface area contributed by atoms with Crippen LogP contribution in [0.4, 0.5) is 5.69 Å². The zero-order chi connectivity index (χ0) is 22.9. The molecule has 34 heavy (non-hydrogen) atoms. The van der Waals surface area contributed by atoms with E-state index in [9.17, 15) is 0 Å². The van der Waals surface area contributed by atoms with Gasteiger partial charge in [0.05, 0.1) is 40.9 Å². The molecule has 1 saturated carbocycles. The highest BCUT2D eigenvalue weighted by molar-refractivity contribution is 6.34. The second-order valence-electron chi connectivity index (χ2n) is 9.42. The lowest BCUT2D eigenvalue weighted by atomic mass is 9.77. The van der Waals surface area contributed by atoms with Crippen LogP contribution in [-0.2, 0) is 13.1 Å². The Bertz CT molecular complexity index is 1350. The van der Waals surface area contributed by atoms with Crippen molar-refractivity contribution in [1.82, 2.24) is 9.97 Å². The second-order valence-corrected chi connectivity index (χ2v) is 9.86. The number of hydrogen-bond donors (Lipinski definition) is 1. The van der Waals surface area contributed by atoms with E-state index in [4.69, 9.17) is 16.7 Å². The SMILES string of the molecule is ClC1=CCN(Cc2ccccn2)c2c3c([nH]c2=C1)=C(C1CCC(c2ccccc2)CC1)N=NC3. The van der Waals surface area contributed by atoms with Crippen LogP contribution in [0.2, 0.25) is 0 Å². The zero-order valence-corrected chi connectivity index (χ0v) is 19.9. The summed E-state index contributed by atoms with van der Waals surface area (Å²) in [7, 11) is 0. The van der Waals surface area contributed by atoms with Crippen LogP contribution in [0.3, 0.4) is 0 Å². The normalized spacial score (nSPS) is 21.9.